The molecule has 0 unspecified atom stereocenters. The number of hydrogen-bond acceptors (Lipinski definition) is 5. The van der Waals surface area contributed by atoms with E-state index in [0.29, 0.717) is 0 Å². The Morgan fingerprint density at radius 3 is 1.11 bits per heavy atom. The van der Waals surface area contributed by atoms with Gasteiger partial charge in [0.2, 0.25) is 0 Å². The van der Waals surface area contributed by atoms with E-state index in [2.05, 4.69) is 168 Å². The van der Waals surface area contributed by atoms with E-state index in [4.69, 9.17) is 0 Å². The predicted octanol–water partition coefficient (Wildman–Crippen LogP) is 14.0. The van der Waals surface area contributed by atoms with E-state index in [1.165, 1.54) is 57.1 Å². The Kier molecular flexibility index (Phi) is 7.99. The van der Waals surface area contributed by atoms with Crippen molar-refractivity contribution in [3.8, 4) is 51.5 Å². The van der Waals surface area contributed by atoms with E-state index in [-0.39, 0.29) is 0 Å². The van der Waals surface area contributed by atoms with Gasteiger partial charge in [-0.15, -0.1) is 45.3 Å². The summed E-state index contributed by atoms with van der Waals surface area (Å²) in [5, 5.41) is 4.28. The van der Waals surface area contributed by atoms with Crippen LogP contribution in [-0.4, -0.2) is 0 Å². The first-order valence-electron chi connectivity index (χ1n) is 15.1. The van der Waals surface area contributed by atoms with E-state index in [1.54, 1.807) is 22.7 Å². The molecule has 0 radical (unpaired) electrons. The maximum atomic E-state index is 2.35. The standard InChI is InChI=1S/C41H29NS4/c1-28-6-8-29(9-7-28)30-10-16-33(17-11-30)42(34-18-12-31(13-19-34)36-22-24-40(45-36)38-4-2-26-43-38)35-20-14-32(15-21-35)37-23-25-41(46-37)39-5-3-27-44-39/h2-27H,1H3. The first-order valence-corrected chi connectivity index (χ1v) is 18.5. The average molecular weight is 664 g/mol. The zero-order valence-corrected chi connectivity index (χ0v) is 28.4. The molecule has 0 amide bonds. The fraction of sp³-hybridized carbons (Fsp3) is 0.0244. The van der Waals surface area contributed by atoms with Gasteiger partial charge in [-0.1, -0.05) is 78.4 Å². The number of hydrogen-bond donors (Lipinski definition) is 0. The van der Waals surface area contributed by atoms with Crippen molar-refractivity contribution >= 4 is 62.4 Å². The summed E-state index contributed by atoms with van der Waals surface area (Å²) in [5.41, 5.74) is 9.58. The predicted molar refractivity (Wildman–Crippen MR) is 205 cm³/mol. The van der Waals surface area contributed by atoms with E-state index >= 15 is 0 Å². The van der Waals surface area contributed by atoms with Gasteiger partial charge in [0.15, 0.2) is 0 Å². The van der Waals surface area contributed by atoms with E-state index in [0.717, 1.165) is 17.1 Å². The van der Waals surface area contributed by atoms with Gasteiger partial charge in [-0.2, -0.15) is 0 Å². The fourth-order valence-electron chi connectivity index (χ4n) is 5.63. The van der Waals surface area contributed by atoms with Crippen LogP contribution >= 0.6 is 45.3 Å². The second-order valence-corrected chi connectivity index (χ2v) is 15.2. The number of nitrogens with zero attached hydrogens (tertiary/aromatic N) is 1. The van der Waals surface area contributed by atoms with Crippen LogP contribution < -0.4 is 4.90 Å². The van der Waals surface area contributed by atoms with Gasteiger partial charge in [-0.3, -0.25) is 0 Å². The van der Waals surface area contributed by atoms with Crippen molar-refractivity contribution in [3.63, 3.8) is 0 Å². The molecule has 1 nitrogen and oxygen atoms in total. The first-order chi connectivity index (χ1) is 22.7. The first kappa shape index (κ1) is 28.9. The maximum Gasteiger partial charge on any atom is 0.0462 e. The van der Waals surface area contributed by atoms with Gasteiger partial charge in [0.25, 0.3) is 0 Å². The highest BCUT2D eigenvalue weighted by molar-refractivity contribution is 7.23. The van der Waals surface area contributed by atoms with E-state index in [1.807, 2.05) is 22.7 Å². The lowest BCUT2D eigenvalue weighted by atomic mass is 10.0. The summed E-state index contributed by atoms with van der Waals surface area (Å²) in [7, 11) is 0. The molecule has 0 atom stereocenters. The highest BCUT2D eigenvalue weighted by Gasteiger charge is 2.15. The van der Waals surface area contributed by atoms with Crippen LogP contribution in [0.2, 0.25) is 0 Å². The van der Waals surface area contributed by atoms with E-state index in [9.17, 15) is 0 Å². The number of thiophene rings is 4. The van der Waals surface area contributed by atoms with Gasteiger partial charge in [0.05, 0.1) is 0 Å². The van der Waals surface area contributed by atoms with Crippen LogP contribution in [0, 0.1) is 6.92 Å². The number of anilines is 3. The van der Waals surface area contributed by atoms with Crippen molar-refractivity contribution in [1.29, 1.82) is 0 Å². The molecule has 0 aliphatic carbocycles. The summed E-state index contributed by atoms with van der Waals surface area (Å²) in [6.45, 7) is 2.13. The van der Waals surface area contributed by atoms with Gasteiger partial charge in [0, 0.05) is 46.3 Å². The summed E-state index contributed by atoms with van der Waals surface area (Å²) >= 11 is 7.28. The molecule has 0 aliphatic heterocycles. The number of rotatable bonds is 8. The molecule has 0 saturated heterocycles. The van der Waals surface area contributed by atoms with E-state index < -0.39 is 0 Å². The summed E-state index contributed by atoms with van der Waals surface area (Å²) in [6, 6.07) is 53.2. The van der Waals surface area contributed by atoms with Crippen molar-refractivity contribution < 1.29 is 0 Å². The summed E-state index contributed by atoms with van der Waals surface area (Å²) in [5.74, 6) is 0. The van der Waals surface area contributed by atoms with Crippen molar-refractivity contribution in [2.24, 2.45) is 0 Å². The van der Waals surface area contributed by atoms with Crippen molar-refractivity contribution in [3.05, 3.63) is 162 Å². The summed E-state index contributed by atoms with van der Waals surface area (Å²) < 4.78 is 0. The molecule has 46 heavy (non-hydrogen) atoms. The second kappa shape index (κ2) is 12.7. The van der Waals surface area contributed by atoms with Crippen LogP contribution in [0.15, 0.2) is 156 Å². The molecule has 8 rings (SSSR count). The fourth-order valence-corrected chi connectivity index (χ4v) is 9.33. The SMILES string of the molecule is Cc1ccc(-c2ccc(N(c3ccc(-c4ccc(-c5cccs5)s4)cc3)c3ccc(-c4ccc(-c5cccs5)s4)cc3)cc2)cc1. The summed E-state index contributed by atoms with van der Waals surface area (Å²) in [6.07, 6.45) is 0. The highest BCUT2D eigenvalue weighted by Crippen LogP contribution is 2.41. The third-order valence-electron chi connectivity index (χ3n) is 8.07. The molecular formula is C41H29NS4. The molecule has 5 heteroatoms. The zero-order valence-electron chi connectivity index (χ0n) is 25.1. The normalized spacial score (nSPS) is 11.2. The largest absolute Gasteiger partial charge is 0.311 e. The summed E-state index contributed by atoms with van der Waals surface area (Å²) in [4.78, 5) is 10.2. The zero-order chi connectivity index (χ0) is 30.9. The molecule has 4 aromatic carbocycles. The Balaban J connectivity index is 1.13. The quantitative estimate of drug-likeness (QED) is 0.156. The van der Waals surface area contributed by atoms with Crippen LogP contribution in [0.4, 0.5) is 17.1 Å². The van der Waals surface area contributed by atoms with Crippen LogP contribution in [-0.2, 0) is 0 Å². The second-order valence-electron chi connectivity index (χ2n) is 11.1. The Hall–Kier alpha value is -4.52. The van der Waals surface area contributed by atoms with Gasteiger partial charge < -0.3 is 4.90 Å². The minimum Gasteiger partial charge on any atom is -0.311 e. The molecule has 0 bridgehead atoms. The molecule has 8 aromatic rings. The van der Waals surface area contributed by atoms with Crippen molar-refractivity contribution in [2.45, 2.75) is 6.92 Å². The van der Waals surface area contributed by atoms with Gasteiger partial charge in [0.1, 0.15) is 0 Å². The minimum atomic E-state index is 1.13. The van der Waals surface area contributed by atoms with Crippen molar-refractivity contribution in [1.82, 2.24) is 0 Å². The molecule has 0 N–H and O–H groups in total. The topological polar surface area (TPSA) is 3.24 Å². The molecule has 222 valence electrons. The van der Waals surface area contributed by atoms with Crippen LogP contribution in [0.5, 0.6) is 0 Å². The van der Waals surface area contributed by atoms with Crippen LogP contribution in [0.1, 0.15) is 5.56 Å². The molecular weight excluding hydrogens is 635 g/mol. The molecule has 4 aromatic heterocycles. The number of aryl methyl sites for hydroxylation is 1. The monoisotopic (exact) mass is 663 g/mol. The average Bonchev–Trinajstić information content (AvgIpc) is 3.93. The Morgan fingerprint density at radius 2 is 0.717 bits per heavy atom. The molecule has 0 saturated carbocycles. The maximum absolute atomic E-state index is 2.35. The Labute approximate surface area is 286 Å². The highest BCUT2D eigenvalue weighted by atomic mass is 32.1. The molecule has 0 fully saturated rings. The lowest BCUT2D eigenvalue weighted by Gasteiger charge is -2.26. The third kappa shape index (κ3) is 5.91. The third-order valence-corrected chi connectivity index (χ3v) is 12.5. The Bertz CT molecular complexity index is 2050. The lowest BCUT2D eigenvalue weighted by molar-refractivity contribution is 1.28. The van der Waals surface area contributed by atoms with Crippen LogP contribution in [0.3, 0.4) is 0 Å². The Morgan fingerprint density at radius 1 is 0.348 bits per heavy atom. The molecule has 0 aliphatic rings. The molecule has 4 heterocycles. The van der Waals surface area contributed by atoms with Gasteiger partial charge in [-0.25, -0.2) is 0 Å². The van der Waals surface area contributed by atoms with Gasteiger partial charge >= 0.3 is 0 Å². The number of benzene rings is 4. The van der Waals surface area contributed by atoms with Gasteiger partial charge in [-0.05, 0) is 113 Å². The lowest BCUT2D eigenvalue weighted by Crippen LogP contribution is -2.09. The van der Waals surface area contributed by atoms with Crippen molar-refractivity contribution in [2.75, 3.05) is 4.90 Å². The van der Waals surface area contributed by atoms with Crippen LogP contribution in [0.25, 0.3) is 51.5 Å². The molecule has 0 spiro atoms. The smallest absolute Gasteiger partial charge is 0.0462 e. The minimum absolute atomic E-state index is 1.13.